The van der Waals surface area contributed by atoms with E-state index in [1.165, 1.54) is 4.90 Å². The van der Waals surface area contributed by atoms with Gasteiger partial charge >= 0.3 is 0 Å². The van der Waals surface area contributed by atoms with Gasteiger partial charge in [0.25, 0.3) is 0 Å². The van der Waals surface area contributed by atoms with Crippen molar-refractivity contribution in [1.29, 1.82) is 0 Å². The fourth-order valence-electron chi connectivity index (χ4n) is 2.68. The molecule has 2 aromatic rings. The maximum absolute atomic E-state index is 12.8. The Balaban J connectivity index is 1.74. The van der Waals surface area contributed by atoms with E-state index in [4.69, 9.17) is 5.73 Å². The predicted octanol–water partition coefficient (Wildman–Crippen LogP) is 3.60. The predicted molar refractivity (Wildman–Crippen MR) is 95.2 cm³/mol. The molecule has 23 heavy (non-hydrogen) atoms. The van der Waals surface area contributed by atoms with E-state index in [0.717, 1.165) is 24.0 Å². The minimum absolute atomic E-state index is 0.0210. The zero-order valence-corrected chi connectivity index (χ0v) is 14.1. The van der Waals surface area contributed by atoms with Crippen LogP contribution in [0.2, 0.25) is 0 Å². The molecule has 0 aliphatic heterocycles. The molecule has 0 aromatic heterocycles. The van der Waals surface area contributed by atoms with E-state index >= 15 is 0 Å². The van der Waals surface area contributed by atoms with Crippen LogP contribution in [0.15, 0.2) is 59.5 Å². The summed E-state index contributed by atoms with van der Waals surface area (Å²) in [6, 6.07) is 17.8. The number of benzene rings is 2. The number of rotatable bonds is 6. The van der Waals surface area contributed by atoms with Gasteiger partial charge in [-0.25, -0.2) is 0 Å². The molecule has 1 amide bonds. The van der Waals surface area contributed by atoms with Crippen molar-refractivity contribution in [3.8, 4) is 0 Å². The Morgan fingerprint density at radius 2 is 1.83 bits per heavy atom. The number of carbonyl (C=O) groups is 1. The van der Waals surface area contributed by atoms with Gasteiger partial charge in [-0.3, -0.25) is 4.79 Å². The van der Waals surface area contributed by atoms with Gasteiger partial charge in [-0.05, 0) is 42.4 Å². The summed E-state index contributed by atoms with van der Waals surface area (Å²) >= 11 is 1.72. The second-order valence-corrected chi connectivity index (χ2v) is 6.81. The second kappa shape index (κ2) is 7.20. The first-order chi connectivity index (χ1) is 11.2. The maximum Gasteiger partial charge on any atom is 0.244 e. The number of thioether (sulfide) groups is 1. The Hall–Kier alpha value is -1.78. The first-order valence-corrected chi connectivity index (χ1v) is 9.15. The van der Waals surface area contributed by atoms with Crippen LogP contribution in [0.1, 0.15) is 30.0 Å². The maximum atomic E-state index is 12.8. The molecule has 120 valence electrons. The lowest BCUT2D eigenvalue weighted by atomic mass is 10.1. The number of hydrogen-bond donors (Lipinski definition) is 1. The van der Waals surface area contributed by atoms with Crippen molar-refractivity contribution in [3.63, 3.8) is 0 Å². The summed E-state index contributed by atoms with van der Waals surface area (Å²) in [5.41, 5.74) is 8.24. The van der Waals surface area contributed by atoms with E-state index < -0.39 is 6.04 Å². The normalized spacial score (nSPS) is 15.2. The molecule has 4 heteroatoms. The van der Waals surface area contributed by atoms with Gasteiger partial charge < -0.3 is 10.6 Å². The molecule has 1 saturated carbocycles. The number of nitrogens with two attached hydrogens (primary N) is 1. The fourth-order valence-corrected chi connectivity index (χ4v) is 3.09. The smallest absolute Gasteiger partial charge is 0.244 e. The number of amides is 1. The van der Waals surface area contributed by atoms with Crippen LogP contribution < -0.4 is 5.73 Å². The van der Waals surface area contributed by atoms with E-state index in [0.29, 0.717) is 12.6 Å². The standard InChI is InChI=1S/C19H22N2OS/c1-23-17-11-7-14(8-12-17)13-21(16-9-10-16)19(22)18(20)15-5-3-2-4-6-15/h2-8,11-12,16,18H,9-10,13,20H2,1H3/t18-/m1/s1. The lowest BCUT2D eigenvalue weighted by Crippen LogP contribution is -2.39. The molecule has 0 spiro atoms. The summed E-state index contributed by atoms with van der Waals surface area (Å²) in [5.74, 6) is 0.0210. The van der Waals surface area contributed by atoms with Crippen molar-refractivity contribution < 1.29 is 4.79 Å². The molecule has 2 aromatic carbocycles. The van der Waals surface area contributed by atoms with Crippen molar-refractivity contribution in [2.45, 2.75) is 36.4 Å². The highest BCUT2D eigenvalue weighted by Crippen LogP contribution is 2.31. The van der Waals surface area contributed by atoms with Crippen LogP contribution in [0.3, 0.4) is 0 Å². The van der Waals surface area contributed by atoms with Crippen LogP contribution in [-0.2, 0) is 11.3 Å². The molecule has 0 radical (unpaired) electrons. The molecule has 1 fully saturated rings. The topological polar surface area (TPSA) is 46.3 Å². The van der Waals surface area contributed by atoms with Gasteiger partial charge in [0, 0.05) is 17.5 Å². The summed E-state index contributed by atoms with van der Waals surface area (Å²) in [6.45, 7) is 0.638. The molecule has 1 aliphatic carbocycles. The Bertz CT molecular complexity index is 653. The molecule has 2 N–H and O–H groups in total. The van der Waals surface area contributed by atoms with Gasteiger partial charge in [0.2, 0.25) is 5.91 Å². The molecule has 1 aliphatic rings. The van der Waals surface area contributed by atoms with E-state index in [2.05, 4.69) is 30.5 Å². The molecule has 0 saturated heterocycles. The lowest BCUT2D eigenvalue weighted by Gasteiger charge is -2.26. The van der Waals surface area contributed by atoms with Crippen molar-refractivity contribution in [1.82, 2.24) is 4.90 Å². The van der Waals surface area contributed by atoms with Gasteiger partial charge in [0.15, 0.2) is 0 Å². The number of nitrogens with zero attached hydrogens (tertiary/aromatic N) is 1. The Morgan fingerprint density at radius 1 is 1.17 bits per heavy atom. The van der Waals surface area contributed by atoms with Gasteiger partial charge in [-0.15, -0.1) is 11.8 Å². The first-order valence-electron chi connectivity index (χ1n) is 7.93. The van der Waals surface area contributed by atoms with E-state index in [-0.39, 0.29) is 5.91 Å². The van der Waals surface area contributed by atoms with Crippen LogP contribution >= 0.6 is 11.8 Å². The van der Waals surface area contributed by atoms with E-state index in [9.17, 15) is 4.79 Å². The van der Waals surface area contributed by atoms with Gasteiger partial charge in [0.1, 0.15) is 6.04 Å². The zero-order chi connectivity index (χ0) is 16.2. The molecule has 0 unspecified atom stereocenters. The van der Waals surface area contributed by atoms with Gasteiger partial charge in [-0.2, -0.15) is 0 Å². The lowest BCUT2D eigenvalue weighted by molar-refractivity contribution is -0.134. The van der Waals surface area contributed by atoms with Crippen LogP contribution in [0.5, 0.6) is 0 Å². The van der Waals surface area contributed by atoms with Gasteiger partial charge in [0.05, 0.1) is 0 Å². The molecule has 0 heterocycles. The molecular weight excluding hydrogens is 304 g/mol. The van der Waals surface area contributed by atoms with Crippen LogP contribution in [0.25, 0.3) is 0 Å². The molecule has 3 nitrogen and oxygen atoms in total. The summed E-state index contributed by atoms with van der Waals surface area (Å²) in [6.07, 6.45) is 4.22. The highest BCUT2D eigenvalue weighted by Gasteiger charge is 2.35. The molecule has 3 rings (SSSR count). The average molecular weight is 326 g/mol. The third-order valence-corrected chi connectivity index (χ3v) is 4.95. The third kappa shape index (κ3) is 3.95. The van der Waals surface area contributed by atoms with Crippen molar-refractivity contribution >= 4 is 17.7 Å². The van der Waals surface area contributed by atoms with Crippen molar-refractivity contribution in [3.05, 3.63) is 65.7 Å². The average Bonchev–Trinajstić information content (AvgIpc) is 3.44. The van der Waals surface area contributed by atoms with E-state index in [1.807, 2.05) is 35.2 Å². The minimum atomic E-state index is -0.581. The highest BCUT2D eigenvalue weighted by atomic mass is 32.2. The SMILES string of the molecule is CSc1ccc(CN(C(=O)[C@H](N)c2ccccc2)C2CC2)cc1. The van der Waals surface area contributed by atoms with Gasteiger partial charge in [-0.1, -0.05) is 42.5 Å². The van der Waals surface area contributed by atoms with Crippen LogP contribution in [0.4, 0.5) is 0 Å². The zero-order valence-electron chi connectivity index (χ0n) is 13.3. The summed E-state index contributed by atoms with van der Waals surface area (Å²) in [7, 11) is 0. The number of hydrogen-bond acceptors (Lipinski definition) is 3. The van der Waals surface area contributed by atoms with Crippen molar-refractivity contribution in [2.24, 2.45) is 5.73 Å². The quantitative estimate of drug-likeness (QED) is 0.825. The monoisotopic (exact) mass is 326 g/mol. The first kappa shape index (κ1) is 16.1. The van der Waals surface area contributed by atoms with Crippen LogP contribution in [0, 0.1) is 0 Å². The Kier molecular flexibility index (Phi) is 5.03. The minimum Gasteiger partial charge on any atom is -0.334 e. The van der Waals surface area contributed by atoms with E-state index in [1.54, 1.807) is 11.8 Å². The highest BCUT2D eigenvalue weighted by molar-refractivity contribution is 7.98. The molecule has 1 atom stereocenters. The van der Waals surface area contributed by atoms with Crippen LogP contribution in [-0.4, -0.2) is 23.1 Å². The summed E-state index contributed by atoms with van der Waals surface area (Å²) < 4.78 is 0. The largest absolute Gasteiger partial charge is 0.334 e. The number of carbonyl (C=O) groups excluding carboxylic acids is 1. The Morgan fingerprint density at radius 3 is 2.39 bits per heavy atom. The summed E-state index contributed by atoms with van der Waals surface area (Å²) in [4.78, 5) is 16.0. The Labute approximate surface area is 141 Å². The third-order valence-electron chi connectivity index (χ3n) is 4.21. The fraction of sp³-hybridized carbons (Fsp3) is 0.316. The molecule has 0 bridgehead atoms. The molecular formula is C19H22N2OS. The van der Waals surface area contributed by atoms with Crippen molar-refractivity contribution in [2.75, 3.05) is 6.26 Å². The summed E-state index contributed by atoms with van der Waals surface area (Å²) in [5, 5.41) is 0. The second-order valence-electron chi connectivity index (χ2n) is 5.93.